The predicted octanol–water partition coefficient (Wildman–Crippen LogP) is 7.43. The summed E-state index contributed by atoms with van der Waals surface area (Å²) < 4.78 is 13.1. The number of carbonyl (C=O) groups is 1. The van der Waals surface area contributed by atoms with Gasteiger partial charge in [0.2, 0.25) is 5.69 Å². The zero-order valence-electron chi connectivity index (χ0n) is 24.3. The third kappa shape index (κ3) is 6.12. The largest absolute Gasteiger partial charge is 0.502 e. The van der Waals surface area contributed by atoms with Crippen LogP contribution in [0.15, 0.2) is 71.5 Å². The van der Waals surface area contributed by atoms with Gasteiger partial charge in [0.25, 0.3) is 0 Å². The molecule has 3 heterocycles. The molecule has 42 heavy (non-hydrogen) atoms. The number of aromatic nitrogens is 3. The zero-order chi connectivity index (χ0) is 29.8. The van der Waals surface area contributed by atoms with Crippen molar-refractivity contribution in [2.45, 2.75) is 53.1 Å². The minimum absolute atomic E-state index is 0.000781. The van der Waals surface area contributed by atoms with E-state index in [0.29, 0.717) is 29.8 Å². The van der Waals surface area contributed by atoms with E-state index in [2.05, 4.69) is 22.1 Å². The van der Waals surface area contributed by atoms with Crippen molar-refractivity contribution < 1.29 is 19.2 Å². The Bertz CT molecular complexity index is 1740. The lowest BCUT2D eigenvalue weighted by Crippen LogP contribution is -2.13. The Balaban J connectivity index is 1.32. The summed E-state index contributed by atoms with van der Waals surface area (Å²) in [7, 11) is 0. The van der Waals surface area contributed by atoms with Gasteiger partial charge in [0.1, 0.15) is 17.2 Å². The average Bonchev–Trinajstić information content (AvgIpc) is 3.56. The van der Waals surface area contributed by atoms with Crippen molar-refractivity contribution in [3.8, 4) is 28.1 Å². The number of Topliss-reactive ketones (excluding diaryl/α,β-unsaturated/α-hetero) is 1. The summed E-state index contributed by atoms with van der Waals surface area (Å²) >= 11 is 0. The summed E-state index contributed by atoms with van der Waals surface area (Å²) in [6.07, 6.45) is 5.36. The SMILES string of the molecule is [C-]#[N+]c1cc(C(=O)C[C@H](CCO)Cc2ccc(-c3cn4cccc(-c5c(C)noc5C)c4n3)cc2)ccc1OC(C)C. The third-order valence-electron chi connectivity index (χ3n) is 7.33. The lowest BCUT2D eigenvalue weighted by molar-refractivity contribution is 0.0953. The van der Waals surface area contributed by atoms with Crippen molar-refractivity contribution in [1.82, 2.24) is 14.5 Å². The number of ketones is 1. The van der Waals surface area contributed by atoms with E-state index in [-0.39, 0.29) is 30.8 Å². The van der Waals surface area contributed by atoms with E-state index in [0.717, 1.165) is 45.0 Å². The van der Waals surface area contributed by atoms with Gasteiger partial charge in [-0.25, -0.2) is 9.83 Å². The van der Waals surface area contributed by atoms with Crippen molar-refractivity contribution in [2.75, 3.05) is 6.61 Å². The summed E-state index contributed by atoms with van der Waals surface area (Å²) in [5, 5.41) is 13.8. The maximum Gasteiger partial charge on any atom is 0.228 e. The molecule has 5 aromatic rings. The predicted molar refractivity (Wildman–Crippen MR) is 162 cm³/mol. The van der Waals surface area contributed by atoms with Crippen molar-refractivity contribution in [2.24, 2.45) is 5.92 Å². The first-order valence-electron chi connectivity index (χ1n) is 14.1. The minimum Gasteiger partial charge on any atom is -0.502 e. The molecule has 0 saturated carbocycles. The zero-order valence-corrected chi connectivity index (χ0v) is 24.3. The smallest absolute Gasteiger partial charge is 0.228 e. The summed E-state index contributed by atoms with van der Waals surface area (Å²) in [6.45, 7) is 15.1. The highest BCUT2D eigenvalue weighted by Gasteiger charge is 2.19. The molecule has 1 N–H and O–H groups in total. The van der Waals surface area contributed by atoms with Crippen LogP contribution in [0.25, 0.3) is 32.9 Å². The van der Waals surface area contributed by atoms with E-state index in [1.165, 1.54) is 0 Å². The molecule has 0 radical (unpaired) electrons. The van der Waals surface area contributed by atoms with E-state index in [4.69, 9.17) is 20.8 Å². The lowest BCUT2D eigenvalue weighted by atomic mass is 9.89. The van der Waals surface area contributed by atoms with Crippen molar-refractivity contribution >= 4 is 17.1 Å². The number of imidazole rings is 1. The molecule has 0 unspecified atom stereocenters. The van der Waals surface area contributed by atoms with Crippen LogP contribution in [0.1, 0.15) is 54.1 Å². The first-order valence-corrected chi connectivity index (χ1v) is 14.1. The van der Waals surface area contributed by atoms with Crippen LogP contribution in [-0.4, -0.2) is 38.1 Å². The van der Waals surface area contributed by atoms with Crippen LogP contribution < -0.4 is 4.74 Å². The fraction of sp³-hybridized carbons (Fsp3) is 0.294. The standard InChI is InChI=1S/C34H34N4O4/c1-21(2)41-32-13-12-27(19-29(32)35-5)31(40)18-25(14-16-39)17-24-8-10-26(11-9-24)30-20-38-15-6-7-28(34(38)36-30)33-22(3)37-42-23(33)4/h6-13,15,19-21,25,39H,14,16-18H2,1-4H3/t25-/m1/s1. The van der Waals surface area contributed by atoms with Crippen LogP contribution in [0, 0.1) is 26.3 Å². The van der Waals surface area contributed by atoms with Gasteiger partial charge in [-0.1, -0.05) is 35.5 Å². The average molecular weight is 563 g/mol. The molecule has 3 aromatic heterocycles. The molecule has 0 aliphatic carbocycles. The fourth-order valence-corrected chi connectivity index (χ4v) is 5.33. The first kappa shape index (κ1) is 28.8. The van der Waals surface area contributed by atoms with Gasteiger partial charge in [-0.15, -0.1) is 0 Å². The molecule has 8 nitrogen and oxygen atoms in total. The maximum absolute atomic E-state index is 13.2. The number of aliphatic hydroxyl groups excluding tert-OH is 1. The molecular weight excluding hydrogens is 528 g/mol. The van der Waals surface area contributed by atoms with Crippen LogP contribution in [0.3, 0.4) is 0 Å². The summed E-state index contributed by atoms with van der Waals surface area (Å²) in [6, 6.07) is 17.2. The van der Waals surface area contributed by atoms with Crippen molar-refractivity contribution in [3.05, 3.63) is 101 Å². The Kier molecular flexibility index (Phi) is 8.51. The highest BCUT2D eigenvalue weighted by molar-refractivity contribution is 5.97. The number of aryl methyl sites for hydroxylation is 2. The number of rotatable bonds is 11. The van der Waals surface area contributed by atoms with Gasteiger partial charge >= 0.3 is 0 Å². The van der Waals surface area contributed by atoms with Crippen LogP contribution in [0.5, 0.6) is 5.75 Å². The van der Waals surface area contributed by atoms with Gasteiger partial charge in [-0.2, -0.15) is 0 Å². The van der Waals surface area contributed by atoms with Gasteiger partial charge in [0, 0.05) is 42.1 Å². The molecule has 0 aliphatic rings. The molecule has 0 amide bonds. The molecule has 214 valence electrons. The number of pyridine rings is 1. The van der Waals surface area contributed by atoms with Gasteiger partial charge < -0.3 is 18.8 Å². The molecule has 2 aromatic carbocycles. The monoisotopic (exact) mass is 562 g/mol. The van der Waals surface area contributed by atoms with Gasteiger partial charge in [0.15, 0.2) is 5.78 Å². The van der Waals surface area contributed by atoms with Crippen molar-refractivity contribution in [3.63, 3.8) is 0 Å². The van der Waals surface area contributed by atoms with Crippen molar-refractivity contribution in [1.29, 1.82) is 0 Å². The highest BCUT2D eigenvalue weighted by Crippen LogP contribution is 2.33. The minimum atomic E-state index is -0.0641. The maximum atomic E-state index is 13.2. The Labute approximate surface area is 245 Å². The number of benzene rings is 2. The van der Waals surface area contributed by atoms with Gasteiger partial charge in [-0.3, -0.25) is 4.79 Å². The molecular formula is C34H34N4O4. The fourth-order valence-electron chi connectivity index (χ4n) is 5.33. The summed E-state index contributed by atoms with van der Waals surface area (Å²) in [5.74, 6) is 1.15. The Hall–Kier alpha value is -4.74. The number of ether oxygens (including phenoxy) is 1. The molecule has 0 fully saturated rings. The molecule has 8 heteroatoms. The second-order valence-corrected chi connectivity index (χ2v) is 10.8. The molecule has 0 aliphatic heterocycles. The van der Waals surface area contributed by atoms with E-state index >= 15 is 0 Å². The second-order valence-electron chi connectivity index (χ2n) is 10.8. The van der Waals surface area contributed by atoms with Crippen LogP contribution in [0.4, 0.5) is 5.69 Å². The molecule has 0 saturated heterocycles. The molecule has 0 bridgehead atoms. The number of nitrogens with zero attached hydrogens (tertiary/aromatic N) is 4. The van der Waals surface area contributed by atoms with Gasteiger partial charge in [-0.05, 0) is 76.3 Å². The Morgan fingerprint density at radius 3 is 2.60 bits per heavy atom. The van der Waals surface area contributed by atoms with Crippen LogP contribution in [-0.2, 0) is 6.42 Å². The molecule has 1 atom stereocenters. The number of hydrogen-bond donors (Lipinski definition) is 1. The quantitative estimate of drug-likeness (QED) is 0.133. The van der Waals surface area contributed by atoms with E-state index in [1.54, 1.807) is 18.2 Å². The van der Waals surface area contributed by atoms with E-state index < -0.39 is 0 Å². The Morgan fingerprint density at radius 1 is 1.14 bits per heavy atom. The lowest BCUT2D eigenvalue weighted by Gasteiger charge is -2.16. The molecule has 5 rings (SSSR count). The first-order chi connectivity index (χ1) is 20.3. The number of carbonyl (C=O) groups excluding carboxylic acids is 1. The number of hydrogen-bond acceptors (Lipinski definition) is 6. The third-order valence-corrected chi connectivity index (χ3v) is 7.33. The normalized spacial score (nSPS) is 12.0. The Morgan fingerprint density at radius 2 is 1.93 bits per heavy atom. The number of fused-ring (bicyclic) bond motifs is 1. The van der Waals surface area contributed by atoms with E-state index in [9.17, 15) is 9.90 Å². The topological polar surface area (TPSA) is 94.2 Å². The highest BCUT2D eigenvalue weighted by atomic mass is 16.5. The van der Waals surface area contributed by atoms with E-state index in [1.807, 2.05) is 68.8 Å². The van der Waals surface area contributed by atoms with Gasteiger partial charge in [0.05, 0.1) is 29.6 Å². The van der Waals surface area contributed by atoms with Crippen LogP contribution >= 0.6 is 0 Å². The van der Waals surface area contributed by atoms with Crippen LogP contribution in [0.2, 0.25) is 0 Å². The number of aliphatic hydroxyl groups is 1. The summed E-state index contributed by atoms with van der Waals surface area (Å²) in [5.41, 5.74) is 7.31. The summed E-state index contributed by atoms with van der Waals surface area (Å²) in [4.78, 5) is 21.6. The molecule has 0 spiro atoms. The second kappa shape index (κ2) is 12.4.